The van der Waals surface area contributed by atoms with E-state index in [1.165, 1.54) is 6.92 Å². The molecule has 3 aromatic carbocycles. The number of rotatable bonds is 5. The summed E-state index contributed by atoms with van der Waals surface area (Å²) in [6.07, 6.45) is 0. The van der Waals surface area contributed by atoms with Crippen LogP contribution in [0.4, 0.5) is 11.4 Å². The molecule has 2 N–H and O–H groups in total. The molecule has 0 saturated heterocycles. The molecule has 0 spiro atoms. The van der Waals surface area contributed by atoms with Gasteiger partial charge in [-0.15, -0.1) is 0 Å². The third kappa shape index (κ3) is 4.70. The second-order valence-corrected chi connectivity index (χ2v) is 7.14. The molecule has 6 heteroatoms. The van der Waals surface area contributed by atoms with E-state index in [0.717, 1.165) is 11.1 Å². The number of benzene rings is 3. The molecule has 0 bridgehead atoms. The number of hydrogen-bond donors (Lipinski definition) is 2. The first-order valence-electron chi connectivity index (χ1n) is 9.82. The van der Waals surface area contributed by atoms with Crippen molar-refractivity contribution in [2.75, 3.05) is 10.6 Å². The zero-order valence-corrected chi connectivity index (χ0v) is 17.2. The number of nitrogens with zero attached hydrogens (tertiary/aromatic N) is 1. The van der Waals surface area contributed by atoms with Crippen molar-refractivity contribution in [1.29, 1.82) is 0 Å². The number of amides is 2. The number of aryl methyl sites for hydroxylation is 1. The van der Waals surface area contributed by atoms with Gasteiger partial charge >= 0.3 is 0 Å². The van der Waals surface area contributed by atoms with Crippen LogP contribution in [0, 0.1) is 6.92 Å². The van der Waals surface area contributed by atoms with Crippen LogP contribution < -0.4 is 10.6 Å². The van der Waals surface area contributed by atoms with Crippen molar-refractivity contribution in [3.05, 3.63) is 90.1 Å². The lowest BCUT2D eigenvalue weighted by Crippen LogP contribution is -2.13. The number of carbonyl (C=O) groups is 2. The van der Waals surface area contributed by atoms with Crippen molar-refractivity contribution in [2.45, 2.75) is 13.8 Å². The van der Waals surface area contributed by atoms with Crippen molar-refractivity contribution in [1.82, 2.24) is 4.98 Å². The summed E-state index contributed by atoms with van der Waals surface area (Å²) in [6.45, 7) is 3.43. The Morgan fingerprint density at radius 3 is 2.03 bits per heavy atom. The molecule has 0 aliphatic carbocycles. The molecule has 154 valence electrons. The van der Waals surface area contributed by atoms with Gasteiger partial charge in [0.1, 0.15) is 0 Å². The van der Waals surface area contributed by atoms with Gasteiger partial charge in [-0.05, 0) is 55.5 Å². The molecular formula is C25H21N3O3. The molecule has 1 aromatic heterocycles. The number of hydrogen-bond acceptors (Lipinski definition) is 4. The average Bonchev–Trinajstić information content (AvgIpc) is 3.22. The topological polar surface area (TPSA) is 84.2 Å². The van der Waals surface area contributed by atoms with Crippen LogP contribution in [0.2, 0.25) is 0 Å². The average molecular weight is 411 g/mol. The van der Waals surface area contributed by atoms with Gasteiger partial charge in [0.2, 0.25) is 11.8 Å². The third-order valence-electron chi connectivity index (χ3n) is 4.64. The Morgan fingerprint density at radius 1 is 0.774 bits per heavy atom. The van der Waals surface area contributed by atoms with Crippen LogP contribution in [-0.2, 0) is 4.79 Å². The van der Waals surface area contributed by atoms with Crippen molar-refractivity contribution >= 4 is 23.2 Å². The fraction of sp³-hybridized carbons (Fsp3) is 0.0800. The van der Waals surface area contributed by atoms with Gasteiger partial charge in [0.15, 0.2) is 11.5 Å². The number of carbonyl (C=O) groups excluding carboxylic acids is 2. The number of anilines is 2. The van der Waals surface area contributed by atoms with Gasteiger partial charge in [-0.2, -0.15) is 0 Å². The highest BCUT2D eigenvalue weighted by atomic mass is 16.4. The first-order chi connectivity index (χ1) is 15.0. The van der Waals surface area contributed by atoms with Crippen LogP contribution in [0.1, 0.15) is 23.0 Å². The van der Waals surface area contributed by atoms with Gasteiger partial charge in [0.05, 0.1) is 0 Å². The van der Waals surface area contributed by atoms with Gasteiger partial charge in [0, 0.05) is 29.4 Å². The van der Waals surface area contributed by atoms with Crippen LogP contribution in [0.3, 0.4) is 0 Å². The van der Waals surface area contributed by atoms with E-state index in [-0.39, 0.29) is 17.5 Å². The van der Waals surface area contributed by atoms with E-state index in [1.54, 1.807) is 24.3 Å². The maximum absolute atomic E-state index is 13.1. The summed E-state index contributed by atoms with van der Waals surface area (Å²) in [5.74, 6) is 0.195. The summed E-state index contributed by atoms with van der Waals surface area (Å²) < 4.78 is 6.03. The van der Waals surface area contributed by atoms with E-state index < -0.39 is 0 Å². The zero-order valence-electron chi connectivity index (χ0n) is 17.2. The van der Waals surface area contributed by atoms with E-state index in [9.17, 15) is 9.59 Å². The smallest absolute Gasteiger partial charge is 0.278 e. The lowest BCUT2D eigenvalue weighted by Gasteiger charge is -2.06. The standard InChI is InChI=1S/C25H21N3O3/c1-16-8-12-21(13-9-16)27-24(30)22-23(18-10-14-20(15-11-18)26-17(2)29)31-25(28-22)19-6-4-3-5-7-19/h3-15H,1-2H3,(H,26,29)(H,27,30). The highest BCUT2D eigenvalue weighted by Crippen LogP contribution is 2.31. The van der Waals surface area contributed by atoms with Crippen molar-refractivity contribution in [3.8, 4) is 22.8 Å². The Balaban J connectivity index is 1.72. The summed E-state index contributed by atoms with van der Waals surface area (Å²) >= 11 is 0. The molecule has 0 unspecified atom stereocenters. The molecule has 2 amide bonds. The first-order valence-corrected chi connectivity index (χ1v) is 9.82. The van der Waals surface area contributed by atoms with Crippen molar-refractivity contribution < 1.29 is 14.0 Å². The maximum atomic E-state index is 13.1. The first kappa shape index (κ1) is 20.1. The van der Waals surface area contributed by atoms with Gasteiger partial charge in [-0.25, -0.2) is 4.98 Å². The Bertz CT molecular complexity index is 1210. The second-order valence-electron chi connectivity index (χ2n) is 7.14. The fourth-order valence-corrected chi connectivity index (χ4v) is 3.11. The van der Waals surface area contributed by atoms with Crippen LogP contribution >= 0.6 is 0 Å². The van der Waals surface area contributed by atoms with Crippen LogP contribution in [0.25, 0.3) is 22.8 Å². The Morgan fingerprint density at radius 2 is 1.39 bits per heavy atom. The summed E-state index contributed by atoms with van der Waals surface area (Å²) in [7, 11) is 0. The van der Waals surface area contributed by atoms with E-state index in [4.69, 9.17) is 4.42 Å². The molecule has 0 fully saturated rings. The Hall–Kier alpha value is -4.19. The molecule has 6 nitrogen and oxygen atoms in total. The predicted molar refractivity (Wildman–Crippen MR) is 121 cm³/mol. The zero-order chi connectivity index (χ0) is 21.8. The summed E-state index contributed by atoms with van der Waals surface area (Å²) in [4.78, 5) is 28.8. The van der Waals surface area contributed by atoms with Crippen LogP contribution in [0.5, 0.6) is 0 Å². The SMILES string of the molecule is CC(=O)Nc1ccc(-c2oc(-c3ccccc3)nc2C(=O)Nc2ccc(C)cc2)cc1. The molecule has 0 saturated carbocycles. The number of aromatic nitrogens is 1. The van der Waals surface area contributed by atoms with E-state index in [0.29, 0.717) is 28.6 Å². The third-order valence-corrected chi connectivity index (χ3v) is 4.64. The summed E-state index contributed by atoms with van der Waals surface area (Å²) in [5, 5.41) is 5.60. The normalized spacial score (nSPS) is 10.5. The molecule has 4 rings (SSSR count). The Labute approximate surface area is 179 Å². The lowest BCUT2D eigenvalue weighted by molar-refractivity contribution is -0.114. The molecular weight excluding hydrogens is 390 g/mol. The highest BCUT2D eigenvalue weighted by Gasteiger charge is 2.22. The number of nitrogens with one attached hydrogen (secondary N) is 2. The molecule has 31 heavy (non-hydrogen) atoms. The molecule has 1 heterocycles. The van der Waals surface area contributed by atoms with Gasteiger partial charge < -0.3 is 15.1 Å². The van der Waals surface area contributed by atoms with Gasteiger partial charge in [-0.3, -0.25) is 9.59 Å². The minimum Gasteiger partial charge on any atom is -0.435 e. The quantitative estimate of drug-likeness (QED) is 0.452. The second kappa shape index (κ2) is 8.67. The van der Waals surface area contributed by atoms with Gasteiger partial charge in [-0.1, -0.05) is 35.9 Å². The summed E-state index contributed by atoms with van der Waals surface area (Å²) in [6, 6.07) is 24.0. The van der Waals surface area contributed by atoms with Crippen molar-refractivity contribution in [2.24, 2.45) is 0 Å². The summed E-state index contributed by atoms with van der Waals surface area (Å²) in [5.41, 5.74) is 4.07. The van der Waals surface area contributed by atoms with Crippen molar-refractivity contribution in [3.63, 3.8) is 0 Å². The van der Waals surface area contributed by atoms with Crippen LogP contribution in [0.15, 0.2) is 83.3 Å². The number of oxazole rings is 1. The van der Waals surface area contributed by atoms with E-state index in [1.807, 2.05) is 61.5 Å². The monoisotopic (exact) mass is 411 g/mol. The van der Waals surface area contributed by atoms with E-state index >= 15 is 0 Å². The molecule has 0 radical (unpaired) electrons. The molecule has 0 aliphatic heterocycles. The minimum absolute atomic E-state index is 0.156. The lowest BCUT2D eigenvalue weighted by atomic mass is 10.1. The highest BCUT2D eigenvalue weighted by molar-refractivity contribution is 6.06. The van der Waals surface area contributed by atoms with E-state index in [2.05, 4.69) is 15.6 Å². The minimum atomic E-state index is -0.365. The van der Waals surface area contributed by atoms with Gasteiger partial charge in [0.25, 0.3) is 5.91 Å². The molecule has 4 aromatic rings. The molecule has 0 atom stereocenters. The maximum Gasteiger partial charge on any atom is 0.278 e. The Kier molecular flexibility index (Phi) is 5.62. The molecule has 0 aliphatic rings. The predicted octanol–water partition coefficient (Wildman–Crippen LogP) is 5.53. The fourth-order valence-electron chi connectivity index (χ4n) is 3.11. The largest absolute Gasteiger partial charge is 0.435 e. The van der Waals surface area contributed by atoms with Crippen LogP contribution in [-0.4, -0.2) is 16.8 Å².